The zero-order chi connectivity index (χ0) is 14.5. The Hall–Kier alpha value is -2.04. The van der Waals surface area contributed by atoms with Gasteiger partial charge in [-0.2, -0.15) is 0 Å². The molecule has 1 heterocycles. The molecule has 0 fully saturated rings. The average Bonchev–Trinajstić information content (AvgIpc) is 2.87. The quantitative estimate of drug-likeness (QED) is 0.833. The van der Waals surface area contributed by atoms with Crippen LogP contribution in [0.4, 0.5) is 0 Å². The fourth-order valence-corrected chi connectivity index (χ4v) is 2.32. The number of hydrogen-bond donors (Lipinski definition) is 2. The van der Waals surface area contributed by atoms with E-state index >= 15 is 0 Å². The number of unbranched alkanes of at least 4 members (excludes halogenated alkanes) is 1. The summed E-state index contributed by atoms with van der Waals surface area (Å²) < 4.78 is 5.45. The van der Waals surface area contributed by atoms with E-state index in [9.17, 15) is 9.59 Å². The van der Waals surface area contributed by atoms with Crippen LogP contribution in [-0.2, 0) is 9.59 Å². The number of ether oxygens (including phenoxy) is 1. The molecule has 2 rings (SSSR count). The molecule has 2 N–H and O–H groups in total. The molecule has 0 saturated heterocycles. The standard InChI is InChI=1S/C15H19NO4/c1-2-3-7-12(15(18)19)16-14(17)11-9-20-13-8-5-4-6-10(11)13/h4-6,8,11-12H,2-3,7,9H2,1H3,(H,16,17)(H,18,19). The minimum atomic E-state index is -0.987. The van der Waals surface area contributed by atoms with Gasteiger partial charge in [0.2, 0.25) is 5.91 Å². The van der Waals surface area contributed by atoms with Crippen LogP contribution in [0, 0.1) is 0 Å². The van der Waals surface area contributed by atoms with Gasteiger partial charge in [0.15, 0.2) is 0 Å². The van der Waals surface area contributed by atoms with Crippen molar-refractivity contribution in [3.05, 3.63) is 29.8 Å². The van der Waals surface area contributed by atoms with Gasteiger partial charge in [0.1, 0.15) is 24.3 Å². The lowest BCUT2D eigenvalue weighted by atomic mass is 9.99. The maximum absolute atomic E-state index is 12.2. The van der Waals surface area contributed by atoms with Crippen LogP contribution in [0.2, 0.25) is 0 Å². The molecule has 1 aliphatic rings. The Morgan fingerprint density at radius 3 is 2.90 bits per heavy atom. The normalized spacial score (nSPS) is 17.9. The summed E-state index contributed by atoms with van der Waals surface area (Å²) >= 11 is 0. The minimum Gasteiger partial charge on any atom is -0.492 e. The van der Waals surface area contributed by atoms with Crippen molar-refractivity contribution in [1.29, 1.82) is 0 Å². The molecule has 0 aliphatic carbocycles. The first-order valence-electron chi connectivity index (χ1n) is 6.88. The van der Waals surface area contributed by atoms with Crippen molar-refractivity contribution in [3.8, 4) is 5.75 Å². The summed E-state index contributed by atoms with van der Waals surface area (Å²) in [5, 5.41) is 11.8. The van der Waals surface area contributed by atoms with Gasteiger partial charge >= 0.3 is 5.97 Å². The first-order valence-corrected chi connectivity index (χ1v) is 6.88. The first-order chi connectivity index (χ1) is 9.63. The van der Waals surface area contributed by atoms with Crippen LogP contribution < -0.4 is 10.1 Å². The third-order valence-corrected chi connectivity index (χ3v) is 3.48. The molecule has 20 heavy (non-hydrogen) atoms. The highest BCUT2D eigenvalue weighted by Gasteiger charge is 2.32. The number of fused-ring (bicyclic) bond motifs is 1. The van der Waals surface area contributed by atoms with Crippen molar-refractivity contribution >= 4 is 11.9 Å². The topological polar surface area (TPSA) is 75.6 Å². The number of hydrogen-bond acceptors (Lipinski definition) is 3. The predicted molar refractivity (Wildman–Crippen MR) is 73.8 cm³/mol. The van der Waals surface area contributed by atoms with Crippen molar-refractivity contribution in [2.24, 2.45) is 0 Å². The van der Waals surface area contributed by atoms with Crippen molar-refractivity contribution in [2.75, 3.05) is 6.61 Å². The molecular formula is C15H19NO4. The highest BCUT2D eigenvalue weighted by Crippen LogP contribution is 2.33. The van der Waals surface area contributed by atoms with Crippen molar-refractivity contribution < 1.29 is 19.4 Å². The predicted octanol–water partition coefficient (Wildman–Crippen LogP) is 1.92. The molecule has 0 radical (unpaired) electrons. The second-order valence-corrected chi connectivity index (χ2v) is 4.94. The SMILES string of the molecule is CCCCC(NC(=O)C1COc2ccccc21)C(=O)O. The molecule has 0 bridgehead atoms. The highest BCUT2D eigenvalue weighted by atomic mass is 16.5. The summed E-state index contributed by atoms with van der Waals surface area (Å²) in [7, 11) is 0. The largest absolute Gasteiger partial charge is 0.492 e. The van der Waals surface area contributed by atoms with Crippen LogP contribution >= 0.6 is 0 Å². The number of amides is 1. The van der Waals surface area contributed by atoms with Gasteiger partial charge in [-0.25, -0.2) is 4.79 Å². The van der Waals surface area contributed by atoms with E-state index in [2.05, 4.69) is 5.32 Å². The fourth-order valence-electron chi connectivity index (χ4n) is 2.32. The Balaban J connectivity index is 2.03. The van der Waals surface area contributed by atoms with Crippen molar-refractivity contribution in [1.82, 2.24) is 5.32 Å². The lowest BCUT2D eigenvalue weighted by Crippen LogP contribution is -2.43. The Morgan fingerprint density at radius 2 is 2.20 bits per heavy atom. The molecule has 108 valence electrons. The number of carboxylic acid groups (broad SMARTS) is 1. The zero-order valence-electron chi connectivity index (χ0n) is 11.5. The summed E-state index contributed by atoms with van der Waals surface area (Å²) in [6, 6.07) is 6.53. The minimum absolute atomic E-state index is 0.269. The molecule has 1 amide bonds. The maximum Gasteiger partial charge on any atom is 0.326 e. The number of carboxylic acids is 1. The van der Waals surface area contributed by atoms with Gasteiger partial charge in [-0.05, 0) is 12.5 Å². The number of nitrogens with one attached hydrogen (secondary N) is 1. The number of aliphatic carboxylic acids is 1. The second-order valence-electron chi connectivity index (χ2n) is 4.94. The van der Waals surface area contributed by atoms with E-state index in [1.54, 1.807) is 0 Å². The Morgan fingerprint density at radius 1 is 1.45 bits per heavy atom. The number of rotatable bonds is 6. The lowest BCUT2D eigenvalue weighted by Gasteiger charge is -2.16. The van der Waals surface area contributed by atoms with Crippen LogP contribution in [0.15, 0.2) is 24.3 Å². The van der Waals surface area contributed by atoms with Crippen molar-refractivity contribution in [3.63, 3.8) is 0 Å². The average molecular weight is 277 g/mol. The summed E-state index contributed by atoms with van der Waals surface area (Å²) in [5.74, 6) is -0.986. The number of benzene rings is 1. The van der Waals surface area contributed by atoms with Crippen LogP contribution in [0.25, 0.3) is 0 Å². The van der Waals surface area contributed by atoms with Gasteiger partial charge in [0.25, 0.3) is 0 Å². The van der Waals surface area contributed by atoms with Crippen LogP contribution in [-0.4, -0.2) is 29.6 Å². The molecule has 2 atom stereocenters. The smallest absolute Gasteiger partial charge is 0.326 e. The summed E-state index contributed by atoms with van der Waals surface area (Å²) in [6.07, 6.45) is 2.12. The highest BCUT2D eigenvalue weighted by molar-refractivity contribution is 5.89. The fraction of sp³-hybridized carbons (Fsp3) is 0.467. The van der Waals surface area contributed by atoms with Gasteiger partial charge in [0.05, 0.1) is 0 Å². The molecule has 0 spiro atoms. The van der Waals surface area contributed by atoms with Crippen molar-refractivity contribution in [2.45, 2.75) is 38.1 Å². The lowest BCUT2D eigenvalue weighted by molar-refractivity contribution is -0.142. The Bertz CT molecular complexity index is 500. The third kappa shape index (κ3) is 3.10. The maximum atomic E-state index is 12.2. The molecule has 0 saturated carbocycles. The van der Waals surface area contributed by atoms with E-state index in [0.29, 0.717) is 12.2 Å². The number of carbonyl (C=O) groups excluding carboxylic acids is 1. The first kappa shape index (κ1) is 14.4. The molecule has 2 unspecified atom stereocenters. The third-order valence-electron chi connectivity index (χ3n) is 3.48. The number of carbonyl (C=O) groups is 2. The van der Waals surface area contributed by atoms with Crippen LogP contribution in [0.1, 0.15) is 37.7 Å². The van der Waals surface area contributed by atoms with Gasteiger partial charge in [-0.3, -0.25) is 4.79 Å². The summed E-state index contributed by atoms with van der Waals surface area (Å²) in [4.78, 5) is 23.4. The Labute approximate surface area is 117 Å². The number of para-hydroxylation sites is 1. The summed E-state index contributed by atoms with van der Waals surface area (Å²) in [6.45, 7) is 2.26. The molecule has 1 aliphatic heterocycles. The van der Waals surface area contributed by atoms with E-state index in [1.165, 1.54) is 0 Å². The van der Waals surface area contributed by atoms with Gasteiger partial charge in [-0.15, -0.1) is 0 Å². The molecule has 5 heteroatoms. The molecule has 1 aromatic carbocycles. The summed E-state index contributed by atoms with van der Waals surface area (Å²) in [5.41, 5.74) is 0.824. The van der Waals surface area contributed by atoms with Gasteiger partial charge in [0, 0.05) is 5.56 Å². The Kier molecular flexibility index (Phi) is 4.61. The molecular weight excluding hydrogens is 258 g/mol. The molecule has 5 nitrogen and oxygen atoms in total. The second kappa shape index (κ2) is 6.41. The van der Waals surface area contributed by atoms with E-state index < -0.39 is 17.9 Å². The monoisotopic (exact) mass is 277 g/mol. The van der Waals surface area contributed by atoms with Gasteiger partial charge in [-0.1, -0.05) is 38.0 Å². The van der Waals surface area contributed by atoms with E-state index in [0.717, 1.165) is 18.4 Å². The van der Waals surface area contributed by atoms with E-state index in [1.807, 2.05) is 31.2 Å². The molecule has 1 aromatic rings. The van der Waals surface area contributed by atoms with Gasteiger partial charge < -0.3 is 15.2 Å². The zero-order valence-corrected chi connectivity index (χ0v) is 11.5. The molecule has 0 aromatic heterocycles. The van der Waals surface area contributed by atoms with Crippen LogP contribution in [0.5, 0.6) is 5.75 Å². The van der Waals surface area contributed by atoms with Crippen LogP contribution in [0.3, 0.4) is 0 Å². The van der Waals surface area contributed by atoms with E-state index in [4.69, 9.17) is 9.84 Å². The van der Waals surface area contributed by atoms with E-state index in [-0.39, 0.29) is 12.5 Å².